The van der Waals surface area contributed by atoms with Crippen molar-refractivity contribution in [2.75, 3.05) is 18.8 Å². The monoisotopic (exact) mass is 270 g/mol. The fourth-order valence-corrected chi connectivity index (χ4v) is 2.99. The van der Waals surface area contributed by atoms with Gasteiger partial charge in [-0.1, -0.05) is 0 Å². The molecule has 1 heterocycles. The van der Waals surface area contributed by atoms with Gasteiger partial charge in [0.25, 0.3) is 0 Å². The number of carbonyl (C=O) groups excluding carboxylic acids is 1. The average Bonchev–Trinajstić information content (AvgIpc) is 2.08. The van der Waals surface area contributed by atoms with Crippen LogP contribution in [0.4, 0.5) is 0 Å². The number of carbonyl (C=O) groups is 1. The van der Waals surface area contributed by atoms with Crippen molar-refractivity contribution in [2.45, 2.75) is 31.6 Å². The first-order chi connectivity index (χ1) is 6.67. The average molecular weight is 271 g/mol. The number of nitrogens with zero attached hydrogens (tertiary/aromatic N) is 1. The Balaban J connectivity index is 0.00000225. The van der Waals surface area contributed by atoms with Gasteiger partial charge in [0.2, 0.25) is 5.91 Å². The van der Waals surface area contributed by atoms with Crippen molar-refractivity contribution >= 4 is 28.2 Å². The Morgan fingerprint density at radius 2 is 1.94 bits per heavy atom. The zero-order valence-electron chi connectivity index (χ0n) is 9.76. The summed E-state index contributed by atoms with van der Waals surface area (Å²) < 4.78 is 22.5. The minimum absolute atomic E-state index is 0. The van der Waals surface area contributed by atoms with Gasteiger partial charge in [0, 0.05) is 13.1 Å². The molecule has 0 radical (unpaired) electrons. The first kappa shape index (κ1) is 15.7. The fourth-order valence-electron chi connectivity index (χ4n) is 1.62. The zero-order valence-corrected chi connectivity index (χ0v) is 11.4. The minimum Gasteiger partial charge on any atom is -0.339 e. The predicted octanol–water partition coefficient (Wildman–Crippen LogP) is -0.209. The van der Waals surface area contributed by atoms with Crippen LogP contribution in [-0.4, -0.2) is 48.9 Å². The third-order valence-electron chi connectivity index (χ3n) is 2.74. The molecule has 0 spiro atoms. The lowest BCUT2D eigenvalue weighted by Gasteiger charge is -2.38. The van der Waals surface area contributed by atoms with Crippen LogP contribution in [0.25, 0.3) is 0 Å². The van der Waals surface area contributed by atoms with E-state index < -0.39 is 20.6 Å². The number of halogens is 1. The van der Waals surface area contributed by atoms with Crippen molar-refractivity contribution in [3.8, 4) is 0 Å². The molecule has 1 saturated heterocycles. The molecule has 0 aromatic carbocycles. The summed E-state index contributed by atoms with van der Waals surface area (Å²) >= 11 is 0. The highest BCUT2D eigenvalue weighted by atomic mass is 35.5. The van der Waals surface area contributed by atoms with E-state index in [9.17, 15) is 13.2 Å². The Labute approximate surface area is 103 Å². The summed E-state index contributed by atoms with van der Waals surface area (Å²) in [7, 11) is -3.09. The number of rotatable bonds is 1. The van der Waals surface area contributed by atoms with Gasteiger partial charge in [0.05, 0.1) is 16.5 Å². The molecule has 0 bridgehead atoms. The van der Waals surface area contributed by atoms with Gasteiger partial charge < -0.3 is 10.6 Å². The lowest BCUT2D eigenvalue weighted by atomic mass is 10.1. The van der Waals surface area contributed by atoms with Crippen LogP contribution in [0.5, 0.6) is 0 Å². The van der Waals surface area contributed by atoms with Crippen molar-refractivity contribution in [3.63, 3.8) is 0 Å². The second-order valence-corrected chi connectivity index (χ2v) is 7.37. The van der Waals surface area contributed by atoms with E-state index >= 15 is 0 Å². The van der Waals surface area contributed by atoms with Crippen molar-refractivity contribution in [2.24, 2.45) is 5.73 Å². The summed E-state index contributed by atoms with van der Waals surface area (Å²) in [6.45, 7) is 5.38. The van der Waals surface area contributed by atoms with Gasteiger partial charge in [0.1, 0.15) is 0 Å². The molecular formula is C9H19ClN2O3S. The van der Waals surface area contributed by atoms with E-state index in [0.29, 0.717) is 0 Å². The quantitative estimate of drug-likeness (QED) is 0.715. The summed E-state index contributed by atoms with van der Waals surface area (Å²) in [6, 6.07) is -0.568. The minimum atomic E-state index is -3.09. The summed E-state index contributed by atoms with van der Waals surface area (Å²) in [5, 5.41) is 0. The number of hydrogen-bond acceptors (Lipinski definition) is 4. The summed E-state index contributed by atoms with van der Waals surface area (Å²) in [5.74, 6) is -0.156. The third-order valence-corrected chi connectivity index (χ3v) is 5.28. The standard InChI is InChI=1S/C9H18N2O3S.ClH/c1-7(10)8(12)11-4-5-15(13,14)9(2,3)6-11;/h7H,4-6,10H2,1-3H3;1H. The Kier molecular flexibility index (Phi) is 4.79. The molecule has 1 rings (SSSR count). The Morgan fingerprint density at radius 1 is 1.44 bits per heavy atom. The first-order valence-corrected chi connectivity index (χ1v) is 6.59. The zero-order chi connectivity index (χ0) is 11.9. The van der Waals surface area contributed by atoms with Crippen molar-refractivity contribution < 1.29 is 13.2 Å². The van der Waals surface area contributed by atoms with Crippen LogP contribution >= 0.6 is 12.4 Å². The molecule has 0 saturated carbocycles. The maximum atomic E-state index is 11.7. The van der Waals surface area contributed by atoms with E-state index in [1.807, 2.05) is 0 Å². The van der Waals surface area contributed by atoms with E-state index in [-0.39, 0.29) is 37.2 Å². The molecule has 5 nitrogen and oxygen atoms in total. The Bertz CT molecular complexity index is 365. The number of sulfone groups is 1. The lowest BCUT2D eigenvalue weighted by molar-refractivity contribution is -0.132. The van der Waals surface area contributed by atoms with E-state index in [4.69, 9.17) is 5.73 Å². The number of amides is 1. The van der Waals surface area contributed by atoms with Gasteiger partial charge in [0.15, 0.2) is 9.84 Å². The molecule has 16 heavy (non-hydrogen) atoms. The maximum absolute atomic E-state index is 11.7. The van der Waals surface area contributed by atoms with Gasteiger partial charge in [-0.05, 0) is 20.8 Å². The maximum Gasteiger partial charge on any atom is 0.239 e. The van der Waals surface area contributed by atoms with Gasteiger partial charge >= 0.3 is 0 Å². The molecule has 1 amide bonds. The van der Waals surface area contributed by atoms with E-state index in [1.165, 1.54) is 4.90 Å². The molecular weight excluding hydrogens is 252 g/mol. The van der Waals surface area contributed by atoms with E-state index in [1.54, 1.807) is 20.8 Å². The van der Waals surface area contributed by atoms with Crippen molar-refractivity contribution in [3.05, 3.63) is 0 Å². The molecule has 0 aromatic heterocycles. The molecule has 2 N–H and O–H groups in total. The SMILES string of the molecule is CC(N)C(=O)N1CCS(=O)(=O)C(C)(C)C1.Cl. The summed E-state index contributed by atoms with van der Waals surface area (Å²) in [5.41, 5.74) is 5.48. The molecule has 1 aliphatic rings. The van der Waals surface area contributed by atoms with Gasteiger partial charge in [-0.3, -0.25) is 4.79 Å². The van der Waals surface area contributed by atoms with Crippen molar-refractivity contribution in [1.29, 1.82) is 0 Å². The number of nitrogens with two attached hydrogens (primary N) is 1. The van der Waals surface area contributed by atoms with E-state index in [2.05, 4.69) is 0 Å². The highest BCUT2D eigenvalue weighted by Crippen LogP contribution is 2.23. The second kappa shape index (κ2) is 4.89. The Morgan fingerprint density at radius 3 is 2.31 bits per heavy atom. The highest BCUT2D eigenvalue weighted by Gasteiger charge is 2.41. The molecule has 1 unspecified atom stereocenters. The second-order valence-electron chi connectivity index (χ2n) is 4.63. The molecule has 7 heteroatoms. The van der Waals surface area contributed by atoms with Crippen LogP contribution in [0.2, 0.25) is 0 Å². The van der Waals surface area contributed by atoms with Crippen LogP contribution in [0.15, 0.2) is 0 Å². The largest absolute Gasteiger partial charge is 0.339 e. The summed E-state index contributed by atoms with van der Waals surface area (Å²) in [4.78, 5) is 13.1. The highest BCUT2D eigenvalue weighted by molar-refractivity contribution is 7.92. The van der Waals surface area contributed by atoms with Crippen LogP contribution in [0, 0.1) is 0 Å². The number of hydrogen-bond donors (Lipinski definition) is 1. The van der Waals surface area contributed by atoms with Gasteiger partial charge in [-0.15, -0.1) is 12.4 Å². The van der Waals surface area contributed by atoms with E-state index in [0.717, 1.165) is 0 Å². The smallest absolute Gasteiger partial charge is 0.239 e. The van der Waals surface area contributed by atoms with Gasteiger partial charge in [-0.2, -0.15) is 0 Å². The van der Waals surface area contributed by atoms with Crippen LogP contribution in [-0.2, 0) is 14.6 Å². The van der Waals surface area contributed by atoms with Gasteiger partial charge in [-0.25, -0.2) is 8.42 Å². The molecule has 1 atom stereocenters. The fraction of sp³-hybridized carbons (Fsp3) is 0.889. The van der Waals surface area contributed by atoms with Crippen LogP contribution < -0.4 is 5.73 Å². The normalized spacial score (nSPS) is 24.4. The first-order valence-electron chi connectivity index (χ1n) is 4.94. The van der Waals surface area contributed by atoms with Crippen molar-refractivity contribution in [1.82, 2.24) is 4.90 Å². The van der Waals surface area contributed by atoms with Crippen LogP contribution in [0.3, 0.4) is 0 Å². The topological polar surface area (TPSA) is 80.5 Å². The summed E-state index contributed by atoms with van der Waals surface area (Å²) in [6.07, 6.45) is 0. The Hall–Kier alpha value is -0.330. The molecule has 0 aliphatic carbocycles. The molecule has 1 fully saturated rings. The third kappa shape index (κ3) is 2.87. The lowest BCUT2D eigenvalue weighted by Crippen LogP contribution is -2.57. The molecule has 96 valence electrons. The van der Waals surface area contributed by atoms with Crippen LogP contribution in [0.1, 0.15) is 20.8 Å². The predicted molar refractivity (Wildman–Crippen MR) is 65.3 cm³/mol. The molecule has 1 aliphatic heterocycles. The molecule has 0 aromatic rings.